The van der Waals surface area contributed by atoms with Crippen molar-refractivity contribution in [1.82, 2.24) is 0 Å². The number of Topliss-reactive ketones (excluding diaryl/α,β-unsaturated/α-hetero) is 1. The second-order valence-corrected chi connectivity index (χ2v) is 5.22. The average molecular weight is 285 g/mol. The fraction of sp³-hybridized carbons (Fsp3) is 0.769. The Labute approximate surface area is 118 Å². The molecule has 0 bridgehead atoms. The summed E-state index contributed by atoms with van der Waals surface area (Å²) in [6, 6.07) is -0.831. The molecule has 0 saturated heterocycles. The number of primary amides is 1. The zero-order valence-electron chi connectivity index (χ0n) is 11.8. The second-order valence-electron chi connectivity index (χ2n) is 5.22. The zero-order valence-corrected chi connectivity index (χ0v) is 11.8. The number of carbonyl (C=O) groups excluding carboxylic acids is 3. The van der Waals surface area contributed by atoms with Crippen LogP contribution < -0.4 is 17.2 Å². The summed E-state index contributed by atoms with van der Waals surface area (Å²) in [7, 11) is 0. The Morgan fingerprint density at radius 2 is 2.05 bits per heavy atom. The summed E-state index contributed by atoms with van der Waals surface area (Å²) in [5, 5.41) is 0. The molecule has 0 aromatic heterocycles. The molecule has 0 aliphatic heterocycles. The maximum Gasteiger partial charge on any atom is 0.326 e. The molecule has 1 fully saturated rings. The zero-order chi connectivity index (χ0) is 15.3. The molecule has 0 aromatic carbocycles. The highest BCUT2D eigenvalue weighted by atomic mass is 16.5. The molecule has 1 saturated carbocycles. The molecule has 1 amide bonds. The average Bonchev–Trinajstić information content (AvgIpc) is 2.78. The summed E-state index contributed by atoms with van der Waals surface area (Å²) >= 11 is 0. The molecule has 7 nitrogen and oxygen atoms in total. The fourth-order valence-electron chi connectivity index (χ4n) is 2.63. The van der Waals surface area contributed by atoms with Crippen molar-refractivity contribution >= 4 is 17.7 Å². The third kappa shape index (κ3) is 3.55. The van der Waals surface area contributed by atoms with E-state index in [0.29, 0.717) is 19.3 Å². The summed E-state index contributed by atoms with van der Waals surface area (Å²) in [5.74, 6) is -2.01. The molecule has 0 spiro atoms. The lowest BCUT2D eigenvalue weighted by Gasteiger charge is -2.29. The van der Waals surface area contributed by atoms with Crippen LogP contribution in [0, 0.1) is 5.92 Å². The van der Waals surface area contributed by atoms with Crippen molar-refractivity contribution in [3.8, 4) is 0 Å². The van der Waals surface area contributed by atoms with Gasteiger partial charge in [0.2, 0.25) is 5.91 Å². The van der Waals surface area contributed by atoms with E-state index in [1.165, 1.54) is 0 Å². The molecule has 114 valence electrons. The van der Waals surface area contributed by atoms with E-state index < -0.39 is 29.4 Å². The molecule has 1 aliphatic carbocycles. The van der Waals surface area contributed by atoms with Gasteiger partial charge in [-0.05, 0) is 26.2 Å². The Hall–Kier alpha value is -1.47. The minimum absolute atomic E-state index is 0.0383. The van der Waals surface area contributed by atoms with E-state index in [0.717, 1.165) is 0 Å². The smallest absolute Gasteiger partial charge is 0.326 e. The van der Waals surface area contributed by atoms with Crippen molar-refractivity contribution in [2.45, 2.75) is 50.6 Å². The lowest BCUT2D eigenvalue weighted by molar-refractivity contribution is -0.153. The van der Waals surface area contributed by atoms with Gasteiger partial charge in [-0.2, -0.15) is 0 Å². The topological polar surface area (TPSA) is 138 Å². The fourth-order valence-corrected chi connectivity index (χ4v) is 2.63. The Morgan fingerprint density at radius 1 is 1.40 bits per heavy atom. The largest absolute Gasteiger partial charge is 0.465 e. The van der Waals surface area contributed by atoms with Gasteiger partial charge >= 0.3 is 5.97 Å². The van der Waals surface area contributed by atoms with Gasteiger partial charge in [0.15, 0.2) is 5.78 Å². The molecule has 3 atom stereocenters. The lowest BCUT2D eigenvalue weighted by atomic mass is 9.81. The first kappa shape index (κ1) is 16.6. The third-order valence-corrected chi connectivity index (χ3v) is 3.77. The number of ketones is 1. The van der Waals surface area contributed by atoms with Crippen LogP contribution in [0.2, 0.25) is 0 Å². The van der Waals surface area contributed by atoms with Gasteiger partial charge in [0.1, 0.15) is 5.54 Å². The number of amides is 1. The number of hydrogen-bond acceptors (Lipinski definition) is 6. The van der Waals surface area contributed by atoms with E-state index in [-0.39, 0.29) is 25.2 Å². The monoisotopic (exact) mass is 285 g/mol. The Morgan fingerprint density at radius 3 is 2.60 bits per heavy atom. The Bertz CT molecular complexity index is 399. The van der Waals surface area contributed by atoms with Gasteiger partial charge < -0.3 is 21.9 Å². The van der Waals surface area contributed by atoms with Crippen LogP contribution in [0.1, 0.15) is 39.0 Å². The molecule has 0 aromatic rings. The third-order valence-electron chi connectivity index (χ3n) is 3.77. The number of nitrogens with two attached hydrogens (primary N) is 3. The van der Waals surface area contributed by atoms with Crippen molar-refractivity contribution < 1.29 is 19.1 Å². The highest BCUT2D eigenvalue weighted by Gasteiger charge is 2.51. The summed E-state index contributed by atoms with van der Waals surface area (Å²) in [6.07, 6.45) is 1.80. The molecular formula is C13H23N3O4. The highest BCUT2D eigenvalue weighted by Crippen LogP contribution is 2.36. The number of carbonyl (C=O) groups is 3. The second kappa shape index (κ2) is 6.81. The Kier molecular flexibility index (Phi) is 5.64. The van der Waals surface area contributed by atoms with Crippen molar-refractivity contribution in [3.05, 3.63) is 0 Å². The van der Waals surface area contributed by atoms with Crippen molar-refractivity contribution in [3.63, 3.8) is 0 Å². The van der Waals surface area contributed by atoms with Gasteiger partial charge in [-0.15, -0.1) is 0 Å². The first-order valence-electron chi connectivity index (χ1n) is 6.86. The van der Waals surface area contributed by atoms with Crippen LogP contribution >= 0.6 is 0 Å². The predicted octanol–water partition coefficient (Wildman–Crippen LogP) is -0.791. The van der Waals surface area contributed by atoms with Crippen LogP contribution in [0.4, 0.5) is 0 Å². The SMILES string of the molecule is CCOC(=O)C1(N)CCCC1C(=O)C(N)CCC(N)=O. The molecule has 0 radical (unpaired) electrons. The van der Waals surface area contributed by atoms with Crippen LogP contribution in [0.25, 0.3) is 0 Å². The van der Waals surface area contributed by atoms with E-state index in [2.05, 4.69) is 0 Å². The van der Waals surface area contributed by atoms with Gasteiger partial charge in [0.05, 0.1) is 12.6 Å². The number of ether oxygens (including phenoxy) is 1. The normalized spacial score (nSPS) is 27.1. The van der Waals surface area contributed by atoms with Gasteiger partial charge in [-0.1, -0.05) is 6.42 Å². The minimum Gasteiger partial charge on any atom is -0.465 e. The standard InChI is InChI=1S/C13H23N3O4/c1-2-20-12(19)13(16)7-3-4-8(13)11(18)9(14)5-6-10(15)17/h8-9H,2-7,14,16H2,1H3,(H2,15,17). The number of rotatable bonds is 7. The van der Waals surface area contributed by atoms with Crippen LogP contribution in [-0.4, -0.2) is 35.8 Å². The maximum absolute atomic E-state index is 12.3. The number of esters is 1. The van der Waals surface area contributed by atoms with Gasteiger partial charge in [-0.3, -0.25) is 14.4 Å². The quantitative estimate of drug-likeness (QED) is 0.524. The van der Waals surface area contributed by atoms with E-state index in [4.69, 9.17) is 21.9 Å². The summed E-state index contributed by atoms with van der Waals surface area (Å²) in [4.78, 5) is 35.0. The first-order valence-corrected chi connectivity index (χ1v) is 6.86. The maximum atomic E-state index is 12.3. The predicted molar refractivity (Wildman–Crippen MR) is 72.3 cm³/mol. The summed E-state index contributed by atoms with van der Waals surface area (Å²) in [5.41, 5.74) is 15.6. The summed E-state index contributed by atoms with van der Waals surface area (Å²) in [6.45, 7) is 1.90. The van der Waals surface area contributed by atoms with Crippen molar-refractivity contribution in [1.29, 1.82) is 0 Å². The molecule has 1 aliphatic rings. The van der Waals surface area contributed by atoms with E-state index >= 15 is 0 Å². The van der Waals surface area contributed by atoms with Crippen LogP contribution in [0.5, 0.6) is 0 Å². The van der Waals surface area contributed by atoms with Gasteiger partial charge in [0.25, 0.3) is 0 Å². The van der Waals surface area contributed by atoms with Crippen LogP contribution in [-0.2, 0) is 19.1 Å². The summed E-state index contributed by atoms with van der Waals surface area (Å²) < 4.78 is 4.96. The molecular weight excluding hydrogens is 262 g/mol. The molecule has 1 rings (SSSR count). The number of hydrogen-bond donors (Lipinski definition) is 3. The van der Waals surface area contributed by atoms with Crippen molar-refractivity contribution in [2.75, 3.05) is 6.61 Å². The first-order chi connectivity index (χ1) is 9.32. The minimum atomic E-state index is -1.29. The van der Waals surface area contributed by atoms with E-state index in [1.807, 2.05) is 0 Å². The molecule has 3 unspecified atom stereocenters. The van der Waals surface area contributed by atoms with Gasteiger partial charge in [-0.25, -0.2) is 0 Å². The van der Waals surface area contributed by atoms with Crippen molar-refractivity contribution in [2.24, 2.45) is 23.1 Å². The Balaban J connectivity index is 2.75. The lowest BCUT2D eigenvalue weighted by Crippen LogP contribution is -2.56. The highest BCUT2D eigenvalue weighted by molar-refractivity contribution is 5.95. The van der Waals surface area contributed by atoms with Gasteiger partial charge in [0, 0.05) is 12.3 Å². The molecule has 7 heteroatoms. The van der Waals surface area contributed by atoms with Crippen LogP contribution in [0.3, 0.4) is 0 Å². The van der Waals surface area contributed by atoms with E-state index in [9.17, 15) is 14.4 Å². The molecule has 6 N–H and O–H groups in total. The molecule has 0 heterocycles. The van der Waals surface area contributed by atoms with Crippen LogP contribution in [0.15, 0.2) is 0 Å². The van der Waals surface area contributed by atoms with E-state index in [1.54, 1.807) is 6.92 Å². The molecule has 20 heavy (non-hydrogen) atoms.